The van der Waals surface area contributed by atoms with Gasteiger partial charge in [-0.25, -0.2) is 0 Å². The van der Waals surface area contributed by atoms with E-state index in [2.05, 4.69) is 10.1 Å². The van der Waals surface area contributed by atoms with Gasteiger partial charge in [0.05, 0.1) is 7.11 Å². The molecule has 6 nitrogen and oxygen atoms in total. The molecule has 0 radical (unpaired) electrons. The SMILES string of the molecule is COC(=O)CNC(=O)[C@@H]1COc2ccccc2O1. The van der Waals surface area contributed by atoms with Crippen LogP contribution in [-0.2, 0) is 14.3 Å². The Kier molecular flexibility index (Phi) is 3.66. The van der Waals surface area contributed by atoms with Crippen molar-refractivity contribution < 1.29 is 23.8 Å². The normalized spacial score (nSPS) is 16.8. The predicted molar refractivity (Wildman–Crippen MR) is 61.4 cm³/mol. The molecule has 0 unspecified atom stereocenters. The zero-order valence-electron chi connectivity index (χ0n) is 9.84. The number of nitrogens with one attached hydrogen (secondary N) is 1. The van der Waals surface area contributed by atoms with Gasteiger partial charge in [0.15, 0.2) is 11.5 Å². The third-order valence-electron chi connectivity index (χ3n) is 2.44. The highest BCUT2D eigenvalue weighted by molar-refractivity contribution is 5.85. The van der Waals surface area contributed by atoms with Crippen molar-refractivity contribution in [3.05, 3.63) is 24.3 Å². The van der Waals surface area contributed by atoms with Crippen molar-refractivity contribution in [1.29, 1.82) is 0 Å². The molecule has 1 aromatic carbocycles. The molecule has 1 amide bonds. The Morgan fingerprint density at radius 3 is 2.83 bits per heavy atom. The van der Waals surface area contributed by atoms with Gasteiger partial charge in [-0.1, -0.05) is 12.1 Å². The quantitative estimate of drug-likeness (QED) is 0.772. The molecule has 0 bridgehead atoms. The molecule has 96 valence electrons. The number of methoxy groups -OCH3 is 1. The molecule has 0 saturated heterocycles. The minimum absolute atomic E-state index is 0.115. The Hall–Kier alpha value is -2.24. The van der Waals surface area contributed by atoms with Crippen LogP contribution in [0.2, 0.25) is 0 Å². The van der Waals surface area contributed by atoms with E-state index < -0.39 is 18.0 Å². The number of hydrogen-bond acceptors (Lipinski definition) is 5. The molecule has 0 fully saturated rings. The summed E-state index contributed by atoms with van der Waals surface area (Å²) in [7, 11) is 1.25. The van der Waals surface area contributed by atoms with Crippen LogP contribution in [0.15, 0.2) is 24.3 Å². The van der Waals surface area contributed by atoms with Gasteiger partial charge in [-0.05, 0) is 12.1 Å². The number of amides is 1. The van der Waals surface area contributed by atoms with Crippen molar-refractivity contribution in [1.82, 2.24) is 5.32 Å². The maximum Gasteiger partial charge on any atom is 0.325 e. The van der Waals surface area contributed by atoms with Gasteiger partial charge in [0.1, 0.15) is 13.2 Å². The van der Waals surface area contributed by atoms with Crippen molar-refractivity contribution in [2.75, 3.05) is 20.3 Å². The van der Waals surface area contributed by atoms with Crippen LogP contribution in [0, 0.1) is 0 Å². The zero-order valence-corrected chi connectivity index (χ0v) is 9.84. The van der Waals surface area contributed by atoms with Crippen LogP contribution in [0.3, 0.4) is 0 Å². The molecule has 1 aliphatic rings. The Morgan fingerprint density at radius 2 is 2.11 bits per heavy atom. The average molecular weight is 251 g/mol. The van der Waals surface area contributed by atoms with Crippen molar-refractivity contribution in [3.63, 3.8) is 0 Å². The summed E-state index contributed by atoms with van der Waals surface area (Å²) < 4.78 is 15.3. The molecule has 1 atom stereocenters. The van der Waals surface area contributed by atoms with E-state index in [-0.39, 0.29) is 13.2 Å². The summed E-state index contributed by atoms with van der Waals surface area (Å²) in [5.74, 6) is 0.201. The van der Waals surface area contributed by atoms with E-state index in [1.165, 1.54) is 7.11 Å². The van der Waals surface area contributed by atoms with Crippen LogP contribution in [0.5, 0.6) is 11.5 Å². The maximum atomic E-state index is 11.7. The van der Waals surface area contributed by atoms with Gasteiger partial charge in [0, 0.05) is 0 Å². The highest BCUT2D eigenvalue weighted by atomic mass is 16.6. The van der Waals surface area contributed by atoms with Crippen LogP contribution in [0.25, 0.3) is 0 Å². The smallest absolute Gasteiger partial charge is 0.325 e. The first-order chi connectivity index (χ1) is 8.70. The summed E-state index contributed by atoms with van der Waals surface area (Å²) in [4.78, 5) is 22.6. The molecule has 1 heterocycles. The summed E-state index contributed by atoms with van der Waals surface area (Å²) in [6, 6.07) is 7.09. The number of benzene rings is 1. The number of hydrogen-bond donors (Lipinski definition) is 1. The van der Waals surface area contributed by atoms with E-state index in [0.717, 1.165) is 0 Å². The molecule has 0 spiro atoms. The van der Waals surface area contributed by atoms with E-state index in [9.17, 15) is 9.59 Å². The fraction of sp³-hybridized carbons (Fsp3) is 0.333. The van der Waals surface area contributed by atoms with Crippen LogP contribution < -0.4 is 14.8 Å². The highest BCUT2D eigenvalue weighted by Crippen LogP contribution is 2.30. The molecule has 6 heteroatoms. The lowest BCUT2D eigenvalue weighted by Crippen LogP contribution is -2.45. The second kappa shape index (κ2) is 5.39. The van der Waals surface area contributed by atoms with E-state index in [4.69, 9.17) is 9.47 Å². The molecule has 1 aromatic rings. The van der Waals surface area contributed by atoms with Gasteiger partial charge in [-0.15, -0.1) is 0 Å². The van der Waals surface area contributed by atoms with E-state index >= 15 is 0 Å². The summed E-state index contributed by atoms with van der Waals surface area (Å²) in [5, 5.41) is 2.42. The van der Waals surface area contributed by atoms with Gasteiger partial charge in [-0.2, -0.15) is 0 Å². The molecule has 0 aromatic heterocycles. The number of fused-ring (bicyclic) bond motifs is 1. The van der Waals surface area contributed by atoms with Crippen LogP contribution in [0.4, 0.5) is 0 Å². The van der Waals surface area contributed by atoms with Crippen LogP contribution >= 0.6 is 0 Å². The lowest BCUT2D eigenvalue weighted by atomic mass is 10.2. The summed E-state index contributed by atoms with van der Waals surface area (Å²) >= 11 is 0. The largest absolute Gasteiger partial charge is 0.485 e. The molecular formula is C12H13NO5. The molecule has 2 rings (SSSR count). The standard InChI is InChI=1S/C12H13NO5/c1-16-11(14)6-13-12(15)10-7-17-8-4-2-3-5-9(8)18-10/h2-5,10H,6-7H2,1H3,(H,13,15)/t10-/m0/s1. The molecule has 0 saturated carbocycles. The minimum atomic E-state index is -0.760. The van der Waals surface area contributed by atoms with Gasteiger partial charge >= 0.3 is 5.97 Å². The lowest BCUT2D eigenvalue weighted by Gasteiger charge is -2.25. The fourth-order valence-corrected chi connectivity index (χ4v) is 1.49. The Bertz CT molecular complexity index is 460. The molecular weight excluding hydrogens is 238 g/mol. The topological polar surface area (TPSA) is 73.9 Å². The zero-order chi connectivity index (χ0) is 13.0. The number of ether oxygens (including phenoxy) is 3. The summed E-state index contributed by atoms with van der Waals surface area (Å²) in [5.41, 5.74) is 0. The number of carbonyl (C=O) groups is 2. The van der Waals surface area contributed by atoms with Crippen molar-refractivity contribution in [2.45, 2.75) is 6.10 Å². The Balaban J connectivity index is 1.92. The number of carbonyl (C=O) groups excluding carboxylic acids is 2. The first kappa shape index (κ1) is 12.2. The summed E-state index contributed by atoms with van der Waals surface area (Å²) in [6.07, 6.45) is -0.760. The number of para-hydroxylation sites is 2. The van der Waals surface area contributed by atoms with Gasteiger partial charge in [0.25, 0.3) is 5.91 Å². The van der Waals surface area contributed by atoms with Crippen molar-refractivity contribution >= 4 is 11.9 Å². The van der Waals surface area contributed by atoms with Crippen LogP contribution in [-0.4, -0.2) is 38.2 Å². The van der Waals surface area contributed by atoms with Gasteiger partial charge in [-0.3, -0.25) is 9.59 Å². The first-order valence-electron chi connectivity index (χ1n) is 5.43. The molecule has 1 N–H and O–H groups in total. The van der Waals surface area contributed by atoms with E-state index in [1.54, 1.807) is 18.2 Å². The third kappa shape index (κ3) is 2.71. The Morgan fingerprint density at radius 1 is 1.39 bits per heavy atom. The lowest BCUT2D eigenvalue weighted by molar-refractivity contribution is -0.142. The Labute approximate surface area is 104 Å². The maximum absolute atomic E-state index is 11.7. The summed E-state index contributed by atoms with van der Waals surface area (Å²) in [6.45, 7) is -0.0686. The average Bonchev–Trinajstić information content (AvgIpc) is 2.43. The van der Waals surface area contributed by atoms with Gasteiger partial charge in [0.2, 0.25) is 6.10 Å². The molecule has 18 heavy (non-hydrogen) atoms. The van der Waals surface area contributed by atoms with Crippen molar-refractivity contribution in [2.24, 2.45) is 0 Å². The van der Waals surface area contributed by atoms with Crippen LogP contribution in [0.1, 0.15) is 0 Å². The number of rotatable bonds is 3. The second-order valence-electron chi connectivity index (χ2n) is 3.66. The van der Waals surface area contributed by atoms with Gasteiger partial charge < -0.3 is 19.5 Å². The van der Waals surface area contributed by atoms with E-state index in [1.807, 2.05) is 6.07 Å². The highest BCUT2D eigenvalue weighted by Gasteiger charge is 2.27. The van der Waals surface area contributed by atoms with E-state index in [0.29, 0.717) is 11.5 Å². The third-order valence-corrected chi connectivity index (χ3v) is 2.44. The molecule has 0 aliphatic carbocycles. The fourth-order valence-electron chi connectivity index (χ4n) is 1.49. The predicted octanol–water partition coefficient (Wildman–Crippen LogP) is 0.116. The minimum Gasteiger partial charge on any atom is -0.485 e. The second-order valence-corrected chi connectivity index (χ2v) is 3.66. The number of esters is 1. The first-order valence-corrected chi connectivity index (χ1v) is 5.43. The van der Waals surface area contributed by atoms with Crippen molar-refractivity contribution in [3.8, 4) is 11.5 Å². The monoisotopic (exact) mass is 251 g/mol. The molecule has 1 aliphatic heterocycles.